The molecule has 0 heterocycles. The standard InChI is InChI=1S/C5H9.3C4H9.Sn/c1-4-5(2)3;3*1-3-4-2;/h5H,1H2,2-3H3;3*1,3-4H2,2H3;. The summed E-state index contributed by atoms with van der Waals surface area (Å²) in [7, 11) is 0. The molecule has 108 valence electrons. The zero-order chi connectivity index (χ0) is 14.0. The topological polar surface area (TPSA) is 0 Å². The van der Waals surface area contributed by atoms with Gasteiger partial charge >= 0.3 is 121 Å². The quantitative estimate of drug-likeness (QED) is 0.365. The predicted molar refractivity (Wildman–Crippen MR) is 88.9 cm³/mol. The van der Waals surface area contributed by atoms with Crippen LogP contribution in [0.5, 0.6) is 0 Å². The molecule has 0 saturated carbocycles. The molecule has 0 amide bonds. The Balaban J connectivity index is 4.90. The molecule has 0 spiro atoms. The Hall–Kier alpha value is 0.539. The van der Waals surface area contributed by atoms with Crippen LogP contribution in [0.4, 0.5) is 0 Å². The van der Waals surface area contributed by atoms with Crippen molar-refractivity contribution < 1.29 is 0 Å². The van der Waals surface area contributed by atoms with E-state index in [9.17, 15) is 0 Å². The summed E-state index contributed by atoms with van der Waals surface area (Å²) in [5.41, 5.74) is 0. The zero-order valence-corrected chi connectivity index (χ0v) is 16.5. The van der Waals surface area contributed by atoms with Crippen molar-refractivity contribution in [3.05, 3.63) is 10.2 Å². The molecule has 0 aliphatic heterocycles. The molecule has 0 unspecified atom stereocenters. The van der Waals surface area contributed by atoms with Crippen molar-refractivity contribution >= 4 is 18.4 Å². The molecule has 1 heteroatoms. The van der Waals surface area contributed by atoms with Crippen LogP contribution in [0.2, 0.25) is 13.3 Å². The van der Waals surface area contributed by atoms with Gasteiger partial charge in [0, 0.05) is 0 Å². The van der Waals surface area contributed by atoms with Gasteiger partial charge in [-0.15, -0.1) is 0 Å². The average Bonchev–Trinajstić information content (AvgIpc) is 2.37. The van der Waals surface area contributed by atoms with Crippen molar-refractivity contribution in [3.8, 4) is 0 Å². The Morgan fingerprint density at radius 2 is 1.17 bits per heavy atom. The van der Waals surface area contributed by atoms with Gasteiger partial charge in [-0.25, -0.2) is 0 Å². The van der Waals surface area contributed by atoms with Crippen molar-refractivity contribution in [1.29, 1.82) is 0 Å². The van der Waals surface area contributed by atoms with E-state index < -0.39 is 18.4 Å². The molecule has 0 aromatic heterocycles. The number of hydrogen-bond acceptors (Lipinski definition) is 0. The summed E-state index contributed by atoms with van der Waals surface area (Å²) in [6.07, 6.45) is 8.45. The fraction of sp³-hybridized carbons (Fsp3) is 0.882. The summed E-state index contributed by atoms with van der Waals surface area (Å²) >= 11 is -2.07. The van der Waals surface area contributed by atoms with E-state index in [-0.39, 0.29) is 0 Å². The minimum absolute atomic E-state index is 0.728. The van der Waals surface area contributed by atoms with Gasteiger partial charge in [-0.1, -0.05) is 0 Å². The van der Waals surface area contributed by atoms with E-state index in [0.29, 0.717) is 0 Å². The number of allylic oxidation sites excluding steroid dienone is 1. The van der Waals surface area contributed by atoms with Gasteiger partial charge in [-0.05, 0) is 0 Å². The molecular weight excluding hydrogens is 323 g/mol. The van der Waals surface area contributed by atoms with Crippen molar-refractivity contribution in [2.24, 2.45) is 5.92 Å². The maximum atomic E-state index is 4.58. The van der Waals surface area contributed by atoms with E-state index in [1.54, 1.807) is 16.9 Å². The molecular formula is C17H36Sn. The van der Waals surface area contributed by atoms with E-state index in [1.165, 1.54) is 38.5 Å². The molecule has 0 aliphatic carbocycles. The molecule has 0 radical (unpaired) electrons. The first-order valence-electron chi connectivity index (χ1n) is 8.23. The van der Waals surface area contributed by atoms with Gasteiger partial charge in [-0.3, -0.25) is 0 Å². The van der Waals surface area contributed by atoms with Crippen molar-refractivity contribution in [1.82, 2.24) is 0 Å². The molecule has 0 bridgehead atoms. The third-order valence-corrected chi connectivity index (χ3v) is 21.2. The van der Waals surface area contributed by atoms with E-state index in [4.69, 9.17) is 0 Å². The molecule has 0 N–H and O–H groups in total. The molecule has 0 rings (SSSR count). The van der Waals surface area contributed by atoms with Gasteiger partial charge in [0.15, 0.2) is 0 Å². The second kappa shape index (κ2) is 10.3. The van der Waals surface area contributed by atoms with E-state index in [2.05, 4.69) is 41.2 Å². The summed E-state index contributed by atoms with van der Waals surface area (Å²) in [4.78, 5) is 0. The molecule has 0 aromatic rings. The Morgan fingerprint density at radius 1 is 0.833 bits per heavy atom. The van der Waals surface area contributed by atoms with Crippen LogP contribution in [0.15, 0.2) is 10.2 Å². The van der Waals surface area contributed by atoms with Crippen LogP contribution >= 0.6 is 0 Å². The summed E-state index contributed by atoms with van der Waals surface area (Å²) in [6.45, 7) is 16.3. The van der Waals surface area contributed by atoms with Crippen LogP contribution < -0.4 is 0 Å². The molecule has 0 aliphatic rings. The fourth-order valence-electron chi connectivity index (χ4n) is 3.01. The van der Waals surface area contributed by atoms with Crippen molar-refractivity contribution in [3.63, 3.8) is 0 Å². The number of hydrogen-bond donors (Lipinski definition) is 0. The van der Waals surface area contributed by atoms with Gasteiger partial charge in [0.1, 0.15) is 0 Å². The summed E-state index contributed by atoms with van der Waals surface area (Å²) < 4.78 is 6.45. The van der Waals surface area contributed by atoms with Crippen LogP contribution in [0.25, 0.3) is 0 Å². The van der Waals surface area contributed by atoms with Gasteiger partial charge in [0.05, 0.1) is 0 Å². The van der Waals surface area contributed by atoms with Gasteiger partial charge in [-0.2, -0.15) is 0 Å². The number of rotatable bonds is 11. The second-order valence-electron chi connectivity index (χ2n) is 6.27. The molecule has 0 aromatic carbocycles. The number of unbranched alkanes of at least 4 members (excludes halogenated alkanes) is 3. The van der Waals surface area contributed by atoms with E-state index in [1.807, 2.05) is 0 Å². The summed E-state index contributed by atoms with van der Waals surface area (Å²) in [6, 6.07) is 0. The minimum atomic E-state index is -2.07. The molecule has 0 fully saturated rings. The first-order chi connectivity index (χ1) is 8.54. The predicted octanol–water partition coefficient (Wildman–Crippen LogP) is 6.59. The summed E-state index contributed by atoms with van der Waals surface area (Å²) in [5.74, 6) is 0.728. The third-order valence-electron chi connectivity index (χ3n) is 4.40. The van der Waals surface area contributed by atoms with Crippen LogP contribution in [0, 0.1) is 5.92 Å². The normalized spacial score (nSPS) is 12.1. The monoisotopic (exact) mass is 360 g/mol. The zero-order valence-electron chi connectivity index (χ0n) is 13.6. The molecule has 18 heavy (non-hydrogen) atoms. The van der Waals surface area contributed by atoms with Crippen LogP contribution in [0.3, 0.4) is 0 Å². The SMILES string of the molecule is C=[C](C(C)C)[Sn]([CH2]CCC)([CH2]CCC)[CH2]CCC. The summed E-state index contributed by atoms with van der Waals surface area (Å²) in [5, 5.41) is 0. The third kappa shape index (κ3) is 6.12. The van der Waals surface area contributed by atoms with E-state index >= 15 is 0 Å². The second-order valence-corrected chi connectivity index (χ2v) is 19.7. The maximum absolute atomic E-state index is 4.58. The van der Waals surface area contributed by atoms with Crippen LogP contribution in [-0.4, -0.2) is 18.4 Å². The molecule has 0 saturated heterocycles. The first kappa shape index (κ1) is 18.5. The van der Waals surface area contributed by atoms with Crippen molar-refractivity contribution in [2.45, 2.75) is 86.5 Å². The Kier molecular flexibility index (Phi) is 10.7. The Morgan fingerprint density at radius 3 is 1.39 bits per heavy atom. The molecule has 0 nitrogen and oxygen atoms in total. The Bertz CT molecular complexity index is 196. The van der Waals surface area contributed by atoms with Crippen LogP contribution in [-0.2, 0) is 0 Å². The van der Waals surface area contributed by atoms with Gasteiger partial charge < -0.3 is 0 Å². The average molecular weight is 359 g/mol. The van der Waals surface area contributed by atoms with Gasteiger partial charge in [0.2, 0.25) is 0 Å². The van der Waals surface area contributed by atoms with Gasteiger partial charge in [0.25, 0.3) is 0 Å². The Labute approximate surface area is 121 Å². The molecule has 0 atom stereocenters. The van der Waals surface area contributed by atoms with Crippen LogP contribution in [0.1, 0.15) is 73.1 Å². The first-order valence-corrected chi connectivity index (χ1v) is 15.7. The van der Waals surface area contributed by atoms with Crippen molar-refractivity contribution in [2.75, 3.05) is 0 Å². The fourth-order valence-corrected chi connectivity index (χ4v) is 20.2. The van der Waals surface area contributed by atoms with E-state index in [0.717, 1.165) is 5.92 Å².